The molecule has 24 nitrogen and oxygen atoms in total. The van der Waals surface area contributed by atoms with Crippen molar-refractivity contribution >= 4 is 63.8 Å². The number of hydrogen-bond acceptors (Lipinski definition) is 19. The smallest absolute Gasteiger partial charge is 0.355 e. The first kappa shape index (κ1) is 65.8. The first-order valence-electron chi connectivity index (χ1n) is 27.9. The molecule has 3 unspecified atom stereocenters. The number of esters is 2. The Morgan fingerprint density at radius 1 is 0.805 bits per heavy atom. The van der Waals surface area contributed by atoms with Gasteiger partial charge in [0.25, 0.3) is 11.5 Å². The lowest BCUT2D eigenvalue weighted by Gasteiger charge is -2.37. The molecule has 0 aliphatic carbocycles. The minimum absolute atomic E-state index is 0.0336. The van der Waals surface area contributed by atoms with E-state index in [0.29, 0.717) is 35.1 Å². The van der Waals surface area contributed by atoms with Crippen LogP contribution in [0.3, 0.4) is 0 Å². The van der Waals surface area contributed by atoms with Crippen LogP contribution in [0.15, 0.2) is 29.1 Å². The number of rotatable bonds is 31. The van der Waals surface area contributed by atoms with Gasteiger partial charge in [-0.2, -0.15) is 0 Å². The maximum absolute atomic E-state index is 14.4. The molecule has 1 aromatic carbocycles. The van der Waals surface area contributed by atoms with Gasteiger partial charge in [0.2, 0.25) is 23.3 Å². The van der Waals surface area contributed by atoms with Crippen LogP contribution >= 0.6 is 0 Å². The van der Waals surface area contributed by atoms with Crippen molar-refractivity contribution in [1.29, 1.82) is 0 Å². The van der Waals surface area contributed by atoms with E-state index in [1.165, 1.54) is 17.6 Å². The number of amides is 4. The lowest BCUT2D eigenvalue weighted by Crippen LogP contribution is -2.53. The number of nitrogens with one attached hydrogen (secondary N) is 4. The first-order valence-corrected chi connectivity index (χ1v) is 27.9. The molecule has 3 aromatic rings. The number of aromatic hydroxyl groups is 1. The molecular formula is C58H80N6O18. The van der Waals surface area contributed by atoms with E-state index < -0.39 is 114 Å². The van der Waals surface area contributed by atoms with Crippen molar-refractivity contribution in [2.75, 3.05) is 26.3 Å². The van der Waals surface area contributed by atoms with Gasteiger partial charge in [0.15, 0.2) is 17.7 Å². The Morgan fingerprint density at radius 3 is 2.05 bits per heavy atom. The highest BCUT2D eigenvalue weighted by Crippen LogP contribution is 2.43. The lowest BCUT2D eigenvalue weighted by molar-refractivity contribution is -0.191. The molecule has 0 bridgehead atoms. The van der Waals surface area contributed by atoms with Crippen LogP contribution in [0.4, 0.5) is 0 Å². The van der Waals surface area contributed by atoms with Gasteiger partial charge in [0.1, 0.15) is 42.5 Å². The maximum Gasteiger partial charge on any atom is 0.355 e. The summed E-state index contributed by atoms with van der Waals surface area (Å²) in [5, 5.41) is 63.1. The molecule has 8 atom stereocenters. The Bertz CT molecular complexity index is 2950. The van der Waals surface area contributed by atoms with Gasteiger partial charge in [-0.15, -0.1) is 0 Å². The Hall–Kier alpha value is -6.99. The van der Waals surface area contributed by atoms with E-state index in [0.717, 1.165) is 11.1 Å². The van der Waals surface area contributed by atoms with Gasteiger partial charge < -0.3 is 65.6 Å². The molecule has 0 saturated carbocycles. The predicted molar refractivity (Wildman–Crippen MR) is 295 cm³/mol. The minimum atomic E-state index is -2.35. The number of carbonyl (C=O) groups is 9. The number of nitrogens with zero attached hydrogens (tertiary/aromatic N) is 2. The number of aromatic nitrogens is 2. The number of fused-ring (bicyclic) bond motifs is 5. The fourth-order valence-electron chi connectivity index (χ4n) is 10.3. The van der Waals surface area contributed by atoms with Crippen molar-refractivity contribution in [3.8, 4) is 17.1 Å². The van der Waals surface area contributed by atoms with Crippen molar-refractivity contribution in [2.45, 2.75) is 182 Å². The largest absolute Gasteiger partial charge is 0.508 e. The average molecular weight is 1150 g/mol. The first-order chi connectivity index (χ1) is 38.6. The summed E-state index contributed by atoms with van der Waals surface area (Å²) in [4.78, 5) is 138. The highest BCUT2D eigenvalue weighted by atomic mass is 16.6. The van der Waals surface area contributed by atoms with E-state index in [1.807, 2.05) is 34.6 Å². The standard InChI is InChI=1S/C58H80N6O18/c1-10-33-34-25-32(66)17-18-39(34)62-47-35(33)28-64-41(47)26-38-36(54(64)77)29-81-56(79)58(38,12-3)82-55(78)46(30(4)5)63-45(70)27-40(61-44(69)20-24-80-23-19-31(6)65)42(67)15-13-22-60-53(76)51(74)50(73)49(72)48(71)43(68)16-14-21-59-52(75)37(11-2)57(7,8)9/h17-18,25-26,30,37,40,46,48-51,66,71-74H,10-16,19-24,27-29H2,1-9H3,(H,59,75)(H,60,76)(H,61,69)(H,63,70)/t37?,40?,46?,48-,49+,50+,51-,58+/m1/s1. The zero-order chi connectivity index (χ0) is 61.0. The summed E-state index contributed by atoms with van der Waals surface area (Å²) in [5.74, 6) is -7.81. The molecule has 5 rings (SSSR count). The molecule has 2 aliphatic heterocycles. The second-order valence-electron chi connectivity index (χ2n) is 22.3. The topological polar surface area (TPSA) is 365 Å². The SMILES string of the molecule is CCc1c2c(nc3ccc(O)cc13)-c1cc3c(c(=O)n1C2)COC(=O)[C@@]3(CC)OC(=O)C(NC(=O)CC(NC(=O)CCOCCC(C)=O)C(=O)CCCNC(=O)[C@H](O)[C@@H](O)[C@@H](O)[C@H](O)C(=O)CCCNC(=O)C(CC)C(C)(C)C)C(C)C. The fourth-order valence-corrected chi connectivity index (χ4v) is 10.3. The summed E-state index contributed by atoms with van der Waals surface area (Å²) in [7, 11) is 0. The molecule has 4 heterocycles. The summed E-state index contributed by atoms with van der Waals surface area (Å²) < 4.78 is 18.5. The number of carbonyl (C=O) groups excluding carboxylic acids is 9. The molecule has 4 amide bonds. The van der Waals surface area contributed by atoms with Gasteiger partial charge in [-0.1, -0.05) is 55.4 Å². The van der Waals surface area contributed by atoms with Crippen molar-refractivity contribution in [3.63, 3.8) is 0 Å². The molecule has 24 heteroatoms. The van der Waals surface area contributed by atoms with Crippen LogP contribution in [0.2, 0.25) is 0 Å². The van der Waals surface area contributed by atoms with Gasteiger partial charge in [0.05, 0.1) is 54.7 Å². The van der Waals surface area contributed by atoms with E-state index in [4.69, 9.17) is 19.2 Å². The van der Waals surface area contributed by atoms with Crippen molar-refractivity contribution in [3.05, 3.63) is 56.9 Å². The van der Waals surface area contributed by atoms with E-state index in [2.05, 4.69) is 21.3 Å². The zero-order valence-electron chi connectivity index (χ0n) is 48.2. The quantitative estimate of drug-likeness (QED) is 0.0256. The van der Waals surface area contributed by atoms with Gasteiger partial charge in [-0.3, -0.25) is 38.4 Å². The van der Waals surface area contributed by atoms with Crippen LogP contribution in [0.5, 0.6) is 5.75 Å². The van der Waals surface area contributed by atoms with Crippen LogP contribution < -0.4 is 26.8 Å². The molecule has 0 saturated heterocycles. The number of hydrogen-bond donors (Lipinski definition) is 9. The molecule has 2 aromatic heterocycles. The number of Topliss-reactive ketones (excluding diaryl/α,β-unsaturated/α-hetero) is 3. The number of aryl methyl sites for hydroxylation is 1. The third-order valence-electron chi connectivity index (χ3n) is 15.0. The zero-order valence-corrected chi connectivity index (χ0v) is 48.2. The normalized spacial score (nSPS) is 17.2. The number of phenolic OH excluding ortho intramolecular Hbond substituents is 1. The summed E-state index contributed by atoms with van der Waals surface area (Å²) in [6.07, 6.45) is -9.87. The van der Waals surface area contributed by atoms with Gasteiger partial charge in [-0.05, 0) is 80.2 Å². The monoisotopic (exact) mass is 1150 g/mol. The van der Waals surface area contributed by atoms with Gasteiger partial charge >= 0.3 is 11.9 Å². The second-order valence-corrected chi connectivity index (χ2v) is 22.3. The molecule has 0 radical (unpaired) electrons. The Labute approximate surface area is 475 Å². The molecule has 82 heavy (non-hydrogen) atoms. The highest BCUT2D eigenvalue weighted by molar-refractivity contribution is 5.95. The molecule has 0 spiro atoms. The van der Waals surface area contributed by atoms with E-state index in [9.17, 15) is 73.5 Å². The Morgan fingerprint density at radius 2 is 1.44 bits per heavy atom. The summed E-state index contributed by atoms with van der Waals surface area (Å²) in [5.41, 5.74) is 0.223. The van der Waals surface area contributed by atoms with Crippen LogP contribution in [0.1, 0.15) is 142 Å². The van der Waals surface area contributed by atoms with Crippen molar-refractivity contribution in [2.24, 2.45) is 17.3 Å². The summed E-state index contributed by atoms with van der Waals surface area (Å²) >= 11 is 0. The Balaban J connectivity index is 1.24. The highest BCUT2D eigenvalue weighted by Gasteiger charge is 2.52. The molecule has 450 valence electrons. The second kappa shape index (κ2) is 28.8. The number of cyclic esters (lactones) is 1. The van der Waals surface area contributed by atoms with Gasteiger partial charge in [0, 0.05) is 61.2 Å². The molecular weight excluding hydrogens is 1070 g/mol. The number of benzene rings is 1. The number of ketones is 3. The molecule has 0 fully saturated rings. The number of ether oxygens (including phenoxy) is 3. The van der Waals surface area contributed by atoms with Crippen molar-refractivity contribution < 1.29 is 82.9 Å². The fraction of sp³-hybridized carbons (Fsp3) is 0.603. The maximum atomic E-state index is 14.4. The molecule has 2 aliphatic rings. The number of aliphatic hydroxyl groups excluding tert-OH is 4. The van der Waals surface area contributed by atoms with Crippen LogP contribution in [0, 0.1) is 17.3 Å². The minimum Gasteiger partial charge on any atom is -0.508 e. The van der Waals surface area contributed by atoms with Crippen LogP contribution in [-0.4, -0.2) is 151 Å². The van der Waals surface area contributed by atoms with Crippen LogP contribution in [0.25, 0.3) is 22.3 Å². The van der Waals surface area contributed by atoms with Crippen molar-refractivity contribution in [1.82, 2.24) is 30.8 Å². The van der Waals surface area contributed by atoms with Crippen LogP contribution in [-0.2, 0) is 82.5 Å². The lowest BCUT2D eigenvalue weighted by atomic mass is 9.78. The third kappa shape index (κ3) is 15.8. The summed E-state index contributed by atoms with van der Waals surface area (Å²) in [6, 6.07) is 3.37. The van der Waals surface area contributed by atoms with E-state index >= 15 is 0 Å². The number of aliphatic hydroxyl groups is 4. The Kier molecular flexibility index (Phi) is 23.1. The summed E-state index contributed by atoms with van der Waals surface area (Å²) in [6.45, 7) is 15.1. The number of pyridine rings is 2. The predicted octanol–water partition coefficient (Wildman–Crippen LogP) is 1.75. The van der Waals surface area contributed by atoms with Gasteiger partial charge in [-0.25, -0.2) is 14.6 Å². The van der Waals surface area contributed by atoms with E-state index in [-0.39, 0.29) is 111 Å². The van der Waals surface area contributed by atoms with E-state index in [1.54, 1.807) is 39.0 Å². The number of phenols is 1. The third-order valence-corrected chi connectivity index (χ3v) is 15.0. The molecule has 9 N–H and O–H groups in total. The average Bonchev–Trinajstić information content (AvgIpc) is 1.76.